The van der Waals surface area contributed by atoms with Gasteiger partial charge in [-0.05, 0) is 79.8 Å². The van der Waals surface area contributed by atoms with Crippen LogP contribution in [0.4, 0.5) is 13.2 Å². The van der Waals surface area contributed by atoms with Gasteiger partial charge in [0.25, 0.3) is 0 Å². The number of sulfone groups is 1. The highest BCUT2D eigenvalue weighted by Crippen LogP contribution is 2.33. The Morgan fingerprint density at radius 1 is 0.814 bits per heavy atom. The molecule has 0 aliphatic rings. The van der Waals surface area contributed by atoms with Crippen LogP contribution in [0.3, 0.4) is 0 Å². The van der Waals surface area contributed by atoms with Gasteiger partial charge in [0.05, 0.1) is 16.3 Å². The Hall–Kier alpha value is -3.74. The second-order valence-corrected chi connectivity index (χ2v) is 14.3. The van der Waals surface area contributed by atoms with E-state index < -0.39 is 49.9 Å². The summed E-state index contributed by atoms with van der Waals surface area (Å²) in [6.07, 6.45) is -4.72. The first-order valence-corrected chi connectivity index (χ1v) is 16.2. The molecule has 0 spiro atoms. The van der Waals surface area contributed by atoms with Crippen LogP contribution in [-0.2, 0) is 43.9 Å². The maximum Gasteiger partial charge on any atom is 0.449 e. The lowest BCUT2D eigenvalue weighted by molar-refractivity contribution is -0.153. The molecule has 0 radical (unpaired) electrons. The SMILES string of the molecule is CC(=O)CS(=O)(=O)c1cccc(-c2ccc(CN(Cc3ccc(C(F)(F)F)o3)S(=O)(=O)c3c(C)cc(C)cc3C)cc2)c1. The van der Waals surface area contributed by atoms with E-state index in [0.29, 0.717) is 27.8 Å². The van der Waals surface area contributed by atoms with Crippen LogP contribution in [0, 0.1) is 20.8 Å². The molecule has 0 saturated carbocycles. The van der Waals surface area contributed by atoms with Crippen LogP contribution in [0.25, 0.3) is 11.1 Å². The summed E-state index contributed by atoms with van der Waals surface area (Å²) in [6.45, 7) is 5.75. The maximum atomic E-state index is 14.0. The van der Waals surface area contributed by atoms with E-state index in [1.54, 1.807) is 62.4 Å². The first-order valence-electron chi connectivity index (χ1n) is 13.1. The number of carbonyl (C=O) groups is 1. The van der Waals surface area contributed by atoms with Crippen molar-refractivity contribution >= 4 is 25.6 Å². The minimum Gasteiger partial charge on any atom is -0.455 e. The van der Waals surface area contributed by atoms with E-state index in [1.165, 1.54) is 19.1 Å². The third kappa shape index (κ3) is 7.43. The molecule has 0 atom stereocenters. The summed E-state index contributed by atoms with van der Waals surface area (Å²) in [7, 11) is -8.00. The fraction of sp³-hybridized carbons (Fsp3) is 0.258. The highest BCUT2D eigenvalue weighted by Gasteiger charge is 2.36. The van der Waals surface area contributed by atoms with E-state index in [1.807, 2.05) is 6.92 Å². The minimum atomic E-state index is -4.72. The largest absolute Gasteiger partial charge is 0.455 e. The number of benzene rings is 3. The van der Waals surface area contributed by atoms with Gasteiger partial charge in [-0.25, -0.2) is 16.8 Å². The number of rotatable bonds is 10. The van der Waals surface area contributed by atoms with E-state index in [0.717, 1.165) is 22.0 Å². The molecule has 7 nitrogen and oxygen atoms in total. The Labute approximate surface area is 248 Å². The lowest BCUT2D eigenvalue weighted by Crippen LogP contribution is -2.31. The molecule has 0 saturated heterocycles. The Kier molecular flexibility index (Phi) is 9.05. The van der Waals surface area contributed by atoms with Crippen molar-refractivity contribution in [3.8, 4) is 11.1 Å². The van der Waals surface area contributed by atoms with Crippen molar-refractivity contribution in [3.05, 3.63) is 107 Å². The van der Waals surface area contributed by atoms with E-state index >= 15 is 0 Å². The Morgan fingerprint density at radius 3 is 2.00 bits per heavy atom. The average molecular weight is 634 g/mol. The van der Waals surface area contributed by atoms with Gasteiger partial charge in [-0.2, -0.15) is 17.5 Å². The molecule has 0 unspecified atom stereocenters. The normalized spacial score (nSPS) is 12.6. The average Bonchev–Trinajstić information content (AvgIpc) is 3.37. The fourth-order valence-electron chi connectivity index (χ4n) is 4.94. The molecule has 1 aromatic heterocycles. The van der Waals surface area contributed by atoms with Crippen LogP contribution >= 0.6 is 0 Å². The number of halogens is 3. The molecule has 12 heteroatoms. The molecule has 0 N–H and O–H groups in total. The number of hydrogen-bond acceptors (Lipinski definition) is 6. The second kappa shape index (κ2) is 12.1. The van der Waals surface area contributed by atoms with E-state index in [-0.39, 0.29) is 22.1 Å². The quantitative estimate of drug-likeness (QED) is 0.194. The van der Waals surface area contributed by atoms with Gasteiger partial charge in [0.15, 0.2) is 9.84 Å². The van der Waals surface area contributed by atoms with Gasteiger partial charge in [-0.3, -0.25) is 4.79 Å². The van der Waals surface area contributed by atoms with Gasteiger partial charge in [-0.1, -0.05) is 54.1 Å². The Bertz CT molecular complexity index is 1850. The zero-order valence-electron chi connectivity index (χ0n) is 23.9. The molecule has 0 bridgehead atoms. The number of nitrogens with zero attached hydrogens (tertiary/aromatic N) is 1. The minimum absolute atomic E-state index is 0.00190. The zero-order chi connectivity index (χ0) is 31.7. The van der Waals surface area contributed by atoms with E-state index in [4.69, 9.17) is 4.42 Å². The van der Waals surface area contributed by atoms with Crippen LogP contribution < -0.4 is 0 Å². The van der Waals surface area contributed by atoms with Crippen LogP contribution in [0.1, 0.15) is 40.7 Å². The number of hydrogen-bond donors (Lipinski definition) is 0. The molecule has 3 aromatic carbocycles. The second-order valence-electron chi connectivity index (χ2n) is 10.5. The highest BCUT2D eigenvalue weighted by molar-refractivity contribution is 7.92. The number of carbonyl (C=O) groups excluding carboxylic acids is 1. The number of sulfonamides is 1. The number of alkyl halides is 3. The van der Waals surface area contributed by atoms with Gasteiger partial charge in [0, 0.05) is 6.54 Å². The molecule has 0 fully saturated rings. The van der Waals surface area contributed by atoms with Crippen LogP contribution in [-0.4, -0.2) is 32.7 Å². The molecule has 43 heavy (non-hydrogen) atoms. The summed E-state index contributed by atoms with van der Waals surface area (Å²) in [6, 6.07) is 18.2. The molecular weight excluding hydrogens is 603 g/mol. The summed E-state index contributed by atoms with van der Waals surface area (Å²) in [5.41, 5.74) is 3.64. The van der Waals surface area contributed by atoms with Crippen LogP contribution in [0.5, 0.6) is 0 Å². The van der Waals surface area contributed by atoms with Gasteiger partial charge in [0.1, 0.15) is 17.3 Å². The number of Topliss-reactive ketones (excluding diaryl/α,β-unsaturated/α-hetero) is 1. The van der Waals surface area contributed by atoms with Crippen LogP contribution in [0.15, 0.2) is 87.0 Å². The van der Waals surface area contributed by atoms with Crippen molar-refractivity contribution in [2.75, 3.05) is 5.75 Å². The topological polar surface area (TPSA) is 102 Å². The molecule has 4 aromatic rings. The number of aryl methyl sites for hydroxylation is 3. The van der Waals surface area contributed by atoms with Crippen molar-refractivity contribution in [2.45, 2.75) is 56.8 Å². The van der Waals surface area contributed by atoms with Gasteiger partial charge in [0.2, 0.25) is 15.8 Å². The molecule has 228 valence electrons. The monoisotopic (exact) mass is 633 g/mol. The Balaban J connectivity index is 1.69. The standard InChI is InChI=1S/C31H30F3NO6S2/c1-20-14-21(2)30(22(3)15-20)43(39,40)35(18-27-12-13-29(41-27)31(32,33)34)17-24-8-10-25(11-9-24)26-6-5-7-28(16-26)42(37,38)19-23(4)36/h5-16H,17-19H2,1-4H3. The van der Waals surface area contributed by atoms with Crippen molar-refractivity contribution in [3.63, 3.8) is 0 Å². The van der Waals surface area contributed by atoms with Crippen molar-refractivity contribution < 1.29 is 39.2 Å². The lowest BCUT2D eigenvalue weighted by atomic mass is 10.0. The molecule has 0 aliphatic carbocycles. The number of furan rings is 1. The van der Waals surface area contributed by atoms with E-state index in [9.17, 15) is 34.8 Å². The summed E-state index contributed by atoms with van der Waals surface area (Å²) >= 11 is 0. The van der Waals surface area contributed by atoms with Crippen molar-refractivity contribution in [1.82, 2.24) is 4.31 Å². The molecule has 0 amide bonds. The molecule has 4 rings (SSSR count). The number of ketones is 1. The molecular formula is C31H30F3NO6S2. The first-order chi connectivity index (χ1) is 20.0. The smallest absolute Gasteiger partial charge is 0.449 e. The van der Waals surface area contributed by atoms with Gasteiger partial charge < -0.3 is 4.42 Å². The fourth-order valence-corrected chi connectivity index (χ4v) is 8.04. The van der Waals surface area contributed by atoms with Crippen LogP contribution in [0.2, 0.25) is 0 Å². The van der Waals surface area contributed by atoms with E-state index in [2.05, 4.69) is 0 Å². The maximum absolute atomic E-state index is 14.0. The van der Waals surface area contributed by atoms with Crippen molar-refractivity contribution in [2.24, 2.45) is 0 Å². The summed E-state index contributed by atoms with van der Waals surface area (Å²) in [5.74, 6) is -2.48. The summed E-state index contributed by atoms with van der Waals surface area (Å²) < 4.78 is 98.6. The summed E-state index contributed by atoms with van der Waals surface area (Å²) in [5, 5.41) is 0. The third-order valence-electron chi connectivity index (χ3n) is 6.71. The predicted molar refractivity (Wildman–Crippen MR) is 155 cm³/mol. The summed E-state index contributed by atoms with van der Waals surface area (Å²) in [4.78, 5) is 11.5. The van der Waals surface area contributed by atoms with Gasteiger partial charge in [-0.15, -0.1) is 0 Å². The van der Waals surface area contributed by atoms with Gasteiger partial charge >= 0.3 is 6.18 Å². The highest BCUT2D eigenvalue weighted by atomic mass is 32.2. The molecule has 0 aliphatic heterocycles. The predicted octanol–water partition coefficient (Wildman–Crippen LogP) is 6.64. The third-order valence-corrected chi connectivity index (χ3v) is 10.6. The van der Waals surface area contributed by atoms with Crippen molar-refractivity contribution in [1.29, 1.82) is 0 Å². The molecule has 1 heterocycles. The first kappa shape index (κ1) is 32.2. The Morgan fingerprint density at radius 2 is 1.44 bits per heavy atom. The lowest BCUT2D eigenvalue weighted by Gasteiger charge is -2.24. The zero-order valence-corrected chi connectivity index (χ0v) is 25.5.